The van der Waals surface area contributed by atoms with Crippen molar-refractivity contribution in [2.75, 3.05) is 0 Å². The van der Waals surface area contributed by atoms with Crippen LogP contribution in [0.15, 0.2) is 30.3 Å². The first-order chi connectivity index (χ1) is 7.11. The Balaban J connectivity index is 3.22. The third-order valence-corrected chi connectivity index (χ3v) is 3.79. The fourth-order valence-electron chi connectivity index (χ4n) is 1.19. The largest absolute Gasteiger partial charge is 0.456 e. The van der Waals surface area contributed by atoms with Crippen molar-refractivity contribution in [3.05, 3.63) is 30.3 Å². The van der Waals surface area contributed by atoms with Crippen molar-refractivity contribution in [1.29, 1.82) is 0 Å². The maximum atomic E-state index is 14.2. The average molecular weight is 216 g/mol. The standard InChI is InChI=1S/C11H16F2Si/c1-11(2,3)9-14(12,13)10-7-5-4-6-8-10/h4-8H,9H2,1-3H3/i9D2. The molecule has 1 aromatic carbocycles. The molecule has 14 heavy (non-hydrogen) atoms. The molecular weight excluding hydrogens is 198 g/mol. The van der Waals surface area contributed by atoms with Gasteiger partial charge in [-0.2, -0.15) is 0 Å². The number of hydrogen-bond acceptors (Lipinski definition) is 0. The maximum Gasteiger partial charge on any atom is 0.456 e. The van der Waals surface area contributed by atoms with E-state index in [1.165, 1.54) is 45.0 Å². The Morgan fingerprint density at radius 1 is 1.21 bits per heavy atom. The summed E-state index contributed by atoms with van der Waals surface area (Å²) in [4.78, 5) is 0. The van der Waals surface area contributed by atoms with Crippen LogP contribution in [0.25, 0.3) is 0 Å². The van der Waals surface area contributed by atoms with Gasteiger partial charge in [0, 0.05) is 13.9 Å². The molecule has 3 heteroatoms. The highest BCUT2D eigenvalue weighted by Crippen LogP contribution is 2.29. The number of halogens is 2. The van der Waals surface area contributed by atoms with Gasteiger partial charge >= 0.3 is 8.74 Å². The van der Waals surface area contributed by atoms with Crippen molar-refractivity contribution in [3.8, 4) is 0 Å². The lowest BCUT2D eigenvalue weighted by molar-refractivity contribution is 0.429. The normalized spacial score (nSPS) is 16.1. The second-order valence-corrected chi connectivity index (χ2v) is 6.29. The van der Waals surface area contributed by atoms with Crippen molar-refractivity contribution < 1.29 is 11.0 Å². The first-order valence-electron chi connectivity index (χ1n) is 5.54. The molecule has 0 aliphatic carbocycles. The molecular formula is C11H16F2Si. The Bertz CT molecular complexity index is 358. The summed E-state index contributed by atoms with van der Waals surface area (Å²) in [5.41, 5.74) is -1.07. The number of rotatable bonds is 2. The van der Waals surface area contributed by atoms with Crippen LogP contribution in [0, 0.1) is 5.41 Å². The Morgan fingerprint density at radius 2 is 1.71 bits per heavy atom. The quantitative estimate of drug-likeness (QED) is 0.525. The second kappa shape index (κ2) is 3.81. The monoisotopic (exact) mass is 216 g/mol. The molecule has 0 saturated heterocycles. The summed E-state index contributed by atoms with van der Waals surface area (Å²) in [5.74, 6) is -2.46. The number of benzene rings is 1. The minimum Gasteiger partial charge on any atom is -0.265 e. The van der Waals surface area contributed by atoms with Crippen molar-refractivity contribution in [3.63, 3.8) is 0 Å². The summed E-state index contributed by atoms with van der Waals surface area (Å²) in [6.07, 6.45) is 0. The van der Waals surface area contributed by atoms with E-state index in [0.29, 0.717) is 0 Å². The molecule has 0 spiro atoms. The van der Waals surface area contributed by atoms with E-state index in [1.54, 1.807) is 6.07 Å². The third kappa shape index (κ3) is 3.22. The van der Waals surface area contributed by atoms with E-state index in [9.17, 15) is 8.22 Å². The summed E-state index contributed by atoms with van der Waals surface area (Å²) < 4.78 is 43.8. The van der Waals surface area contributed by atoms with E-state index in [0.717, 1.165) is 0 Å². The van der Waals surface area contributed by atoms with E-state index >= 15 is 0 Å². The highest BCUT2D eigenvalue weighted by atomic mass is 28.4. The molecule has 0 aromatic heterocycles. The minimum atomic E-state index is -5.11. The van der Waals surface area contributed by atoms with Gasteiger partial charge in [0.05, 0.1) is 0 Å². The molecule has 0 unspecified atom stereocenters. The zero-order valence-electron chi connectivity index (χ0n) is 10.6. The Morgan fingerprint density at radius 3 is 2.14 bits per heavy atom. The molecule has 0 amide bonds. The fraction of sp³-hybridized carbons (Fsp3) is 0.455. The molecule has 0 aliphatic heterocycles. The predicted octanol–water partition coefficient (Wildman–Crippen LogP) is 3.32. The predicted molar refractivity (Wildman–Crippen MR) is 58.3 cm³/mol. The summed E-state index contributed by atoms with van der Waals surface area (Å²) in [6.45, 7) is 4.53. The van der Waals surface area contributed by atoms with Gasteiger partial charge in [0.1, 0.15) is 0 Å². The smallest absolute Gasteiger partial charge is 0.265 e. The van der Waals surface area contributed by atoms with Gasteiger partial charge in [-0.15, -0.1) is 0 Å². The first kappa shape index (κ1) is 8.59. The summed E-state index contributed by atoms with van der Waals surface area (Å²) in [7, 11) is -5.11. The van der Waals surface area contributed by atoms with Gasteiger partial charge in [-0.3, -0.25) is 8.22 Å². The highest BCUT2D eigenvalue weighted by molar-refractivity contribution is 6.80. The Kier molecular flexibility index (Phi) is 2.34. The molecule has 0 aliphatic rings. The van der Waals surface area contributed by atoms with Crippen molar-refractivity contribution >= 4 is 13.9 Å². The minimum absolute atomic E-state index is 0.144. The molecule has 0 radical (unpaired) electrons. The second-order valence-electron chi connectivity index (χ2n) is 4.32. The molecule has 0 heterocycles. The molecule has 0 bridgehead atoms. The molecule has 0 saturated carbocycles. The van der Waals surface area contributed by atoms with Gasteiger partial charge in [-0.05, 0) is 5.41 Å². The zero-order valence-corrected chi connectivity index (χ0v) is 9.64. The van der Waals surface area contributed by atoms with Crippen molar-refractivity contribution in [2.45, 2.75) is 26.8 Å². The molecule has 1 rings (SSSR count). The van der Waals surface area contributed by atoms with Crippen LogP contribution in [0.5, 0.6) is 0 Å². The van der Waals surface area contributed by atoms with Crippen LogP contribution < -0.4 is 5.19 Å². The highest BCUT2D eigenvalue weighted by Gasteiger charge is 2.41. The van der Waals surface area contributed by atoms with Crippen LogP contribution in [-0.4, -0.2) is 8.74 Å². The van der Waals surface area contributed by atoms with Gasteiger partial charge in [0.25, 0.3) is 0 Å². The lowest BCUT2D eigenvalue weighted by Crippen LogP contribution is -2.41. The van der Waals surface area contributed by atoms with Gasteiger partial charge in [0.2, 0.25) is 0 Å². The topological polar surface area (TPSA) is 0 Å². The Labute approximate surface area is 88.1 Å². The molecule has 78 valence electrons. The van der Waals surface area contributed by atoms with Crippen molar-refractivity contribution in [2.24, 2.45) is 5.41 Å². The fourth-order valence-corrected chi connectivity index (χ4v) is 2.89. The summed E-state index contributed by atoms with van der Waals surface area (Å²) in [6, 6.07) is 7.33. The van der Waals surface area contributed by atoms with Gasteiger partial charge in [0.15, 0.2) is 0 Å². The first-order valence-corrected chi connectivity index (χ1v) is 6.29. The molecule has 0 fully saturated rings. The SMILES string of the molecule is [2H]C([2H])(C(C)(C)C)[Si](F)(F)c1ccccc1. The Hall–Kier alpha value is -0.703. The van der Waals surface area contributed by atoms with Crippen LogP contribution in [0.1, 0.15) is 23.5 Å². The van der Waals surface area contributed by atoms with Crippen LogP contribution in [-0.2, 0) is 0 Å². The summed E-state index contributed by atoms with van der Waals surface area (Å²) in [5, 5.41) is -0.144. The van der Waals surface area contributed by atoms with Crippen molar-refractivity contribution in [1.82, 2.24) is 0 Å². The molecule has 0 atom stereocenters. The van der Waals surface area contributed by atoms with Crippen LogP contribution in [0.3, 0.4) is 0 Å². The van der Waals surface area contributed by atoms with Crippen LogP contribution in [0.4, 0.5) is 8.22 Å². The van der Waals surface area contributed by atoms with Gasteiger partial charge < -0.3 is 0 Å². The lowest BCUT2D eigenvalue weighted by atomic mass is 10.0. The van der Waals surface area contributed by atoms with Crippen LogP contribution in [0.2, 0.25) is 6.00 Å². The van der Waals surface area contributed by atoms with E-state index in [1.807, 2.05) is 0 Å². The van der Waals surface area contributed by atoms with Gasteiger partial charge in [-0.25, -0.2) is 0 Å². The average Bonchev–Trinajstić information content (AvgIpc) is 2.17. The van der Waals surface area contributed by atoms with Crippen LogP contribution >= 0.6 is 0 Å². The summed E-state index contributed by atoms with van der Waals surface area (Å²) >= 11 is 0. The molecule has 0 nitrogen and oxygen atoms in total. The van der Waals surface area contributed by atoms with Gasteiger partial charge in [-0.1, -0.05) is 51.1 Å². The molecule has 1 aromatic rings. The maximum absolute atomic E-state index is 14.2. The number of hydrogen-bond donors (Lipinski definition) is 0. The van der Waals surface area contributed by atoms with E-state index < -0.39 is 20.2 Å². The van der Waals surface area contributed by atoms with E-state index in [2.05, 4.69) is 0 Å². The van der Waals surface area contributed by atoms with E-state index in [-0.39, 0.29) is 5.19 Å². The zero-order chi connectivity index (χ0) is 12.6. The lowest BCUT2D eigenvalue weighted by Gasteiger charge is -2.23. The van der Waals surface area contributed by atoms with E-state index in [4.69, 9.17) is 2.74 Å². The molecule has 0 N–H and O–H groups in total. The third-order valence-electron chi connectivity index (χ3n) is 1.67.